The van der Waals surface area contributed by atoms with Crippen LogP contribution in [0.1, 0.15) is 25.8 Å². The van der Waals surface area contributed by atoms with Crippen LogP contribution >= 0.6 is 0 Å². The Balaban J connectivity index is 2.36. The topological polar surface area (TPSA) is 25.8 Å². The maximum atomic E-state index is 5.82. The van der Waals surface area contributed by atoms with Gasteiger partial charge in [0.2, 0.25) is 0 Å². The van der Waals surface area contributed by atoms with Gasteiger partial charge in [-0.1, -0.05) is 49.9 Å². The van der Waals surface area contributed by atoms with E-state index in [1.54, 1.807) is 6.08 Å². The minimum Gasteiger partial charge on any atom is -0.489 e. The largest absolute Gasteiger partial charge is 0.489 e. The van der Waals surface area contributed by atoms with E-state index in [1.807, 2.05) is 0 Å². The summed E-state index contributed by atoms with van der Waals surface area (Å²) in [5, 5.41) is 4.93. The summed E-state index contributed by atoms with van der Waals surface area (Å²) >= 11 is 0. The van der Waals surface area contributed by atoms with Gasteiger partial charge in [-0.3, -0.25) is 0 Å². The number of hydrogen-bond donors (Lipinski definition) is 1. The van der Waals surface area contributed by atoms with E-state index in [0.29, 0.717) is 12.6 Å². The molecule has 2 heteroatoms. The summed E-state index contributed by atoms with van der Waals surface area (Å²) in [6, 6.07) is 13.3. The van der Waals surface area contributed by atoms with Crippen molar-refractivity contribution in [3.8, 4) is 5.75 Å². The fraction of sp³-hybridized carbons (Fsp3) is 0.333. The van der Waals surface area contributed by atoms with Crippen molar-refractivity contribution in [2.45, 2.75) is 32.9 Å². The zero-order chi connectivity index (χ0) is 14.4. The second-order valence-corrected chi connectivity index (χ2v) is 5.19. The summed E-state index contributed by atoms with van der Waals surface area (Å²) in [6.45, 7) is 9.70. The summed E-state index contributed by atoms with van der Waals surface area (Å²) in [7, 11) is 0. The first-order chi connectivity index (χ1) is 9.76. The van der Waals surface area contributed by atoms with Crippen LogP contribution in [0, 0.1) is 0 Å². The van der Waals surface area contributed by atoms with Gasteiger partial charge >= 0.3 is 0 Å². The molecule has 0 aliphatic heterocycles. The SMILES string of the molecule is C=CCOc1ccc2ccccc2c1C[NH2+][C@@H](C)CC. The van der Waals surface area contributed by atoms with Crippen LogP contribution in [0.15, 0.2) is 49.1 Å². The van der Waals surface area contributed by atoms with Gasteiger partial charge in [-0.2, -0.15) is 0 Å². The van der Waals surface area contributed by atoms with Crippen molar-refractivity contribution in [2.75, 3.05) is 6.61 Å². The highest BCUT2D eigenvalue weighted by Gasteiger charge is 2.12. The van der Waals surface area contributed by atoms with Crippen LogP contribution in [0.5, 0.6) is 5.75 Å². The molecule has 0 radical (unpaired) electrons. The molecular weight excluding hydrogens is 246 g/mol. The third-order valence-electron chi connectivity index (χ3n) is 3.72. The highest BCUT2D eigenvalue weighted by atomic mass is 16.5. The summed E-state index contributed by atoms with van der Waals surface area (Å²) in [5.74, 6) is 0.975. The van der Waals surface area contributed by atoms with E-state index in [2.05, 4.69) is 62.1 Å². The van der Waals surface area contributed by atoms with Crippen molar-refractivity contribution in [3.63, 3.8) is 0 Å². The first-order valence-electron chi connectivity index (χ1n) is 7.34. The minimum atomic E-state index is 0.550. The van der Waals surface area contributed by atoms with Gasteiger partial charge in [0.1, 0.15) is 18.9 Å². The Morgan fingerprint density at radius 3 is 2.80 bits per heavy atom. The lowest BCUT2D eigenvalue weighted by molar-refractivity contribution is -0.701. The summed E-state index contributed by atoms with van der Waals surface area (Å²) in [6.07, 6.45) is 2.96. The molecule has 0 heterocycles. The average Bonchev–Trinajstić information content (AvgIpc) is 2.50. The number of nitrogens with two attached hydrogens (primary N) is 1. The van der Waals surface area contributed by atoms with Gasteiger partial charge in [-0.05, 0) is 30.2 Å². The van der Waals surface area contributed by atoms with Crippen molar-refractivity contribution in [1.82, 2.24) is 0 Å². The first-order valence-corrected chi connectivity index (χ1v) is 7.34. The summed E-state index contributed by atoms with van der Waals surface area (Å²) in [4.78, 5) is 0. The summed E-state index contributed by atoms with van der Waals surface area (Å²) < 4.78 is 5.82. The molecule has 2 aromatic carbocycles. The third-order valence-corrected chi connectivity index (χ3v) is 3.72. The molecule has 0 unspecified atom stereocenters. The van der Waals surface area contributed by atoms with Gasteiger partial charge < -0.3 is 10.1 Å². The predicted molar refractivity (Wildman–Crippen MR) is 85.0 cm³/mol. The molecule has 0 bridgehead atoms. The molecular formula is C18H24NO+. The summed E-state index contributed by atoms with van der Waals surface area (Å²) in [5.41, 5.74) is 1.28. The zero-order valence-corrected chi connectivity index (χ0v) is 12.4. The van der Waals surface area contributed by atoms with Crippen molar-refractivity contribution in [1.29, 1.82) is 0 Å². The quantitative estimate of drug-likeness (QED) is 0.768. The van der Waals surface area contributed by atoms with E-state index in [0.717, 1.165) is 12.3 Å². The molecule has 0 aromatic heterocycles. The molecule has 0 amide bonds. The molecule has 0 spiro atoms. The second kappa shape index (κ2) is 7.11. The van der Waals surface area contributed by atoms with Gasteiger partial charge in [-0.15, -0.1) is 0 Å². The van der Waals surface area contributed by atoms with E-state index >= 15 is 0 Å². The Morgan fingerprint density at radius 1 is 1.25 bits per heavy atom. The number of ether oxygens (including phenoxy) is 1. The molecule has 2 rings (SSSR count). The average molecular weight is 270 g/mol. The van der Waals surface area contributed by atoms with Gasteiger partial charge in [0.05, 0.1) is 11.6 Å². The van der Waals surface area contributed by atoms with Crippen LogP contribution in [0.2, 0.25) is 0 Å². The Hall–Kier alpha value is -1.80. The molecule has 2 aromatic rings. The molecule has 0 saturated heterocycles. The highest BCUT2D eigenvalue weighted by Crippen LogP contribution is 2.27. The number of rotatable bonds is 7. The lowest BCUT2D eigenvalue weighted by Gasteiger charge is -2.14. The van der Waals surface area contributed by atoms with Crippen LogP contribution in [0.25, 0.3) is 10.8 Å². The molecule has 1 atom stereocenters. The second-order valence-electron chi connectivity index (χ2n) is 5.19. The Labute approximate surface area is 121 Å². The van der Waals surface area contributed by atoms with Gasteiger partial charge in [0.25, 0.3) is 0 Å². The normalized spacial score (nSPS) is 12.3. The van der Waals surface area contributed by atoms with Crippen LogP contribution in [0.3, 0.4) is 0 Å². The zero-order valence-electron chi connectivity index (χ0n) is 12.4. The third kappa shape index (κ3) is 3.40. The highest BCUT2D eigenvalue weighted by molar-refractivity contribution is 5.87. The van der Waals surface area contributed by atoms with Gasteiger partial charge in [-0.25, -0.2) is 0 Å². The molecule has 0 fully saturated rings. The fourth-order valence-corrected chi connectivity index (χ4v) is 2.30. The monoisotopic (exact) mass is 270 g/mol. The number of fused-ring (bicyclic) bond motifs is 1. The lowest BCUT2D eigenvalue weighted by atomic mass is 10.0. The molecule has 106 valence electrons. The van der Waals surface area contributed by atoms with Crippen molar-refractivity contribution >= 4 is 10.8 Å². The van der Waals surface area contributed by atoms with Crippen LogP contribution in [0.4, 0.5) is 0 Å². The Kier molecular flexibility index (Phi) is 5.19. The van der Waals surface area contributed by atoms with Gasteiger partial charge in [0.15, 0.2) is 0 Å². The van der Waals surface area contributed by atoms with E-state index in [9.17, 15) is 0 Å². The smallest absolute Gasteiger partial charge is 0.129 e. The van der Waals surface area contributed by atoms with E-state index in [4.69, 9.17) is 4.74 Å². The van der Waals surface area contributed by atoms with E-state index in [-0.39, 0.29) is 0 Å². The van der Waals surface area contributed by atoms with Crippen LogP contribution in [-0.2, 0) is 6.54 Å². The fourth-order valence-electron chi connectivity index (χ4n) is 2.30. The molecule has 2 N–H and O–H groups in total. The van der Waals surface area contributed by atoms with Crippen molar-refractivity contribution in [2.24, 2.45) is 0 Å². The molecule has 2 nitrogen and oxygen atoms in total. The van der Waals surface area contributed by atoms with Crippen molar-refractivity contribution < 1.29 is 10.1 Å². The molecule has 0 saturated carbocycles. The first kappa shape index (κ1) is 14.6. The maximum absolute atomic E-state index is 5.82. The predicted octanol–water partition coefficient (Wildman–Crippen LogP) is 3.27. The molecule has 0 aliphatic rings. The van der Waals surface area contributed by atoms with Crippen LogP contribution < -0.4 is 10.1 Å². The number of hydrogen-bond acceptors (Lipinski definition) is 1. The van der Waals surface area contributed by atoms with E-state index in [1.165, 1.54) is 22.8 Å². The number of benzene rings is 2. The Bertz CT molecular complexity index is 577. The lowest BCUT2D eigenvalue weighted by Crippen LogP contribution is -2.87. The Morgan fingerprint density at radius 2 is 2.05 bits per heavy atom. The standard InChI is InChI=1S/C18H23NO/c1-4-12-20-18-11-10-15-8-6-7-9-16(15)17(18)13-19-14(3)5-2/h4,6-11,14,19H,1,5,12-13H2,2-3H3/p+1/t14-/m0/s1. The van der Waals surface area contributed by atoms with Crippen molar-refractivity contribution in [3.05, 3.63) is 54.6 Å². The van der Waals surface area contributed by atoms with E-state index < -0.39 is 0 Å². The number of quaternary nitrogens is 1. The van der Waals surface area contributed by atoms with Gasteiger partial charge in [0, 0.05) is 0 Å². The molecule has 20 heavy (non-hydrogen) atoms. The minimum absolute atomic E-state index is 0.550. The van der Waals surface area contributed by atoms with Crippen LogP contribution in [-0.4, -0.2) is 12.6 Å². The molecule has 0 aliphatic carbocycles. The maximum Gasteiger partial charge on any atom is 0.129 e.